The van der Waals surface area contributed by atoms with Gasteiger partial charge in [0.15, 0.2) is 9.84 Å². The lowest BCUT2D eigenvalue weighted by molar-refractivity contribution is -0.916. The van der Waals surface area contributed by atoms with Crippen molar-refractivity contribution in [1.29, 1.82) is 0 Å². The lowest BCUT2D eigenvalue weighted by Gasteiger charge is -2.37. The minimum absolute atomic E-state index is 0.267. The van der Waals surface area contributed by atoms with Crippen molar-refractivity contribution in [2.75, 3.05) is 54.6 Å². The van der Waals surface area contributed by atoms with Gasteiger partial charge in [-0.15, -0.1) is 0 Å². The van der Waals surface area contributed by atoms with E-state index >= 15 is 0 Å². The molecule has 204 valence electrons. The molecule has 0 saturated heterocycles. The van der Waals surface area contributed by atoms with Crippen LogP contribution in [0.3, 0.4) is 0 Å². The number of sulfone groups is 1. The third kappa shape index (κ3) is 7.87. The standard InChI is InChI=1S/C27H38N2O7S/c1-8-29(9-2,10-3)18-27(30)28-23-15-20(11-12-24(23)34-5)19-37(31,32)14-13-22-25(35-6)16-21(33-4)17-26(22)36-7/h11-17H,8-10,18-19H2,1-7H3/b14-13+. The molecule has 0 radical (unpaired) electrons. The Hall–Kier alpha value is -3.24. The molecule has 0 saturated carbocycles. The topological polar surface area (TPSA) is 106 Å². The van der Waals surface area contributed by atoms with Gasteiger partial charge in [-0.05, 0) is 44.5 Å². The van der Waals surface area contributed by atoms with Gasteiger partial charge in [-0.25, -0.2) is 8.42 Å². The Bertz CT molecular complexity index is 1190. The number of quaternary nitrogens is 1. The zero-order valence-electron chi connectivity index (χ0n) is 22.7. The molecule has 9 nitrogen and oxygen atoms in total. The first-order valence-corrected chi connectivity index (χ1v) is 13.8. The fourth-order valence-electron chi connectivity index (χ4n) is 4.02. The van der Waals surface area contributed by atoms with Crippen LogP contribution >= 0.6 is 0 Å². The SMILES string of the molecule is CC[N+](CC)(CC)CC([O-])=Nc1cc(CS(=O)(=O)/C=C/c2c(OC)cc(OC)cc2OC)ccc1OC. The summed E-state index contributed by atoms with van der Waals surface area (Å²) in [4.78, 5) is 4.27. The molecule has 0 aliphatic rings. The molecule has 37 heavy (non-hydrogen) atoms. The van der Waals surface area contributed by atoms with Crippen LogP contribution in [0.5, 0.6) is 23.0 Å². The third-order valence-corrected chi connectivity index (χ3v) is 7.82. The van der Waals surface area contributed by atoms with Gasteiger partial charge in [0, 0.05) is 23.4 Å². The molecule has 10 heteroatoms. The molecular weight excluding hydrogens is 496 g/mol. The predicted molar refractivity (Wildman–Crippen MR) is 145 cm³/mol. The molecule has 2 aromatic rings. The maximum Gasteiger partial charge on any atom is 0.175 e. The van der Waals surface area contributed by atoms with Gasteiger partial charge in [0.25, 0.3) is 0 Å². The molecule has 0 unspecified atom stereocenters. The van der Waals surface area contributed by atoms with Gasteiger partial charge in [-0.2, -0.15) is 0 Å². The van der Waals surface area contributed by atoms with Crippen molar-refractivity contribution < 1.29 is 37.0 Å². The average molecular weight is 535 g/mol. The second-order valence-corrected chi connectivity index (χ2v) is 10.4. The van der Waals surface area contributed by atoms with Crippen molar-refractivity contribution in [2.45, 2.75) is 26.5 Å². The number of benzene rings is 2. The maximum atomic E-state index is 13.0. The lowest BCUT2D eigenvalue weighted by atomic mass is 10.1. The van der Waals surface area contributed by atoms with E-state index in [2.05, 4.69) is 25.8 Å². The van der Waals surface area contributed by atoms with Crippen molar-refractivity contribution in [3.63, 3.8) is 0 Å². The van der Waals surface area contributed by atoms with Crippen LogP contribution in [0.4, 0.5) is 5.69 Å². The largest absolute Gasteiger partial charge is 0.858 e. The normalized spacial score (nSPS) is 12.6. The van der Waals surface area contributed by atoms with Gasteiger partial charge >= 0.3 is 0 Å². The Labute approximate surface area is 220 Å². The lowest BCUT2D eigenvalue weighted by Crippen LogP contribution is -2.53. The number of aliphatic imine (C=N–C) groups is 1. The van der Waals surface area contributed by atoms with Crippen molar-refractivity contribution in [2.24, 2.45) is 4.99 Å². The van der Waals surface area contributed by atoms with Gasteiger partial charge in [0.1, 0.15) is 35.2 Å². The number of hydrogen-bond donors (Lipinski definition) is 0. The number of rotatable bonds is 14. The molecule has 2 aromatic carbocycles. The summed E-state index contributed by atoms with van der Waals surface area (Å²) >= 11 is 0. The van der Waals surface area contributed by atoms with Crippen LogP contribution in [0.2, 0.25) is 0 Å². The first kappa shape index (κ1) is 30.0. The first-order chi connectivity index (χ1) is 17.6. The molecule has 0 aromatic heterocycles. The van der Waals surface area contributed by atoms with E-state index in [1.54, 1.807) is 30.3 Å². The summed E-state index contributed by atoms with van der Waals surface area (Å²) in [5.74, 6) is 1.18. The van der Waals surface area contributed by atoms with E-state index in [4.69, 9.17) is 18.9 Å². The van der Waals surface area contributed by atoms with Gasteiger partial charge in [-0.1, -0.05) is 6.07 Å². The highest BCUT2D eigenvalue weighted by atomic mass is 32.2. The summed E-state index contributed by atoms with van der Waals surface area (Å²) in [6.45, 7) is 8.88. The van der Waals surface area contributed by atoms with Crippen LogP contribution in [-0.2, 0) is 15.6 Å². The Morgan fingerprint density at radius 1 is 0.892 bits per heavy atom. The summed E-state index contributed by atoms with van der Waals surface area (Å²) in [6.07, 6.45) is 1.43. The van der Waals surface area contributed by atoms with Crippen molar-refractivity contribution in [3.05, 3.63) is 46.9 Å². The zero-order chi connectivity index (χ0) is 27.6. The van der Waals surface area contributed by atoms with Gasteiger partial charge in [0.2, 0.25) is 0 Å². The second-order valence-electron chi connectivity index (χ2n) is 8.52. The Morgan fingerprint density at radius 2 is 1.46 bits per heavy atom. The van der Waals surface area contributed by atoms with E-state index in [1.807, 2.05) is 0 Å². The van der Waals surface area contributed by atoms with Crippen molar-refractivity contribution in [1.82, 2.24) is 0 Å². The fourth-order valence-corrected chi connectivity index (χ4v) is 5.11. The molecule has 0 amide bonds. The van der Waals surface area contributed by atoms with Crippen LogP contribution in [-0.4, -0.2) is 73.4 Å². The summed E-state index contributed by atoms with van der Waals surface area (Å²) in [5, 5.41) is 13.9. The number of likely N-dealkylation sites (N-methyl/N-ethyl adjacent to an activating group) is 1. The average Bonchev–Trinajstić information content (AvgIpc) is 2.90. The monoisotopic (exact) mass is 534 g/mol. The molecule has 0 aliphatic carbocycles. The van der Waals surface area contributed by atoms with E-state index in [9.17, 15) is 13.5 Å². The van der Waals surface area contributed by atoms with E-state index in [0.717, 1.165) is 25.0 Å². The molecule has 0 aliphatic heterocycles. The van der Waals surface area contributed by atoms with Crippen LogP contribution in [0.25, 0.3) is 6.08 Å². The molecule has 0 bridgehead atoms. The highest BCUT2D eigenvalue weighted by molar-refractivity contribution is 7.93. The number of ether oxygens (including phenoxy) is 4. The Kier molecular flexibility index (Phi) is 10.8. The van der Waals surface area contributed by atoms with Gasteiger partial charge in [0.05, 0.1) is 59.4 Å². The number of hydrogen-bond acceptors (Lipinski definition) is 8. The van der Waals surface area contributed by atoms with Crippen molar-refractivity contribution in [3.8, 4) is 23.0 Å². The zero-order valence-corrected chi connectivity index (χ0v) is 23.6. The summed E-state index contributed by atoms with van der Waals surface area (Å²) in [7, 11) is 2.27. The first-order valence-electron chi connectivity index (χ1n) is 12.1. The van der Waals surface area contributed by atoms with Crippen LogP contribution < -0.4 is 24.1 Å². The summed E-state index contributed by atoms with van der Waals surface area (Å²) < 4.78 is 47.9. The van der Waals surface area contributed by atoms with Crippen molar-refractivity contribution >= 4 is 27.5 Å². The minimum atomic E-state index is -3.70. The molecule has 2 rings (SSSR count). The Balaban J connectivity index is 2.36. The maximum absolute atomic E-state index is 13.0. The summed E-state index contributed by atoms with van der Waals surface area (Å²) in [6, 6.07) is 8.14. The van der Waals surface area contributed by atoms with Crippen LogP contribution in [0.15, 0.2) is 40.7 Å². The van der Waals surface area contributed by atoms with Crippen LogP contribution in [0.1, 0.15) is 31.9 Å². The van der Waals surface area contributed by atoms with Crippen LogP contribution in [0, 0.1) is 0 Å². The Morgan fingerprint density at radius 3 is 1.95 bits per heavy atom. The molecule has 0 heterocycles. The fraction of sp³-hybridized carbons (Fsp3) is 0.444. The second kappa shape index (κ2) is 13.3. The number of methoxy groups -OCH3 is 4. The minimum Gasteiger partial charge on any atom is -0.858 e. The number of nitrogens with zero attached hydrogens (tertiary/aromatic N) is 2. The van der Waals surface area contributed by atoms with E-state index in [-0.39, 0.29) is 18.2 Å². The smallest absolute Gasteiger partial charge is 0.175 e. The molecule has 0 atom stereocenters. The molecular formula is C27H38N2O7S. The predicted octanol–water partition coefficient (Wildman–Crippen LogP) is 3.57. The van der Waals surface area contributed by atoms with Gasteiger partial charge < -0.3 is 28.5 Å². The van der Waals surface area contributed by atoms with E-state index in [0.29, 0.717) is 44.3 Å². The highest BCUT2D eigenvalue weighted by Crippen LogP contribution is 2.35. The molecule has 0 N–H and O–H groups in total. The van der Waals surface area contributed by atoms with E-state index in [1.165, 1.54) is 34.5 Å². The quantitative estimate of drug-likeness (QED) is 0.207. The molecule has 0 spiro atoms. The summed E-state index contributed by atoms with van der Waals surface area (Å²) in [5.41, 5.74) is 1.26. The third-order valence-electron chi connectivity index (χ3n) is 6.53. The molecule has 0 fully saturated rings. The van der Waals surface area contributed by atoms with Gasteiger partial charge in [-0.3, -0.25) is 4.99 Å². The highest BCUT2D eigenvalue weighted by Gasteiger charge is 2.20. The van der Waals surface area contributed by atoms with E-state index < -0.39 is 9.84 Å².